The lowest BCUT2D eigenvalue weighted by Crippen LogP contribution is -2.34. The molecule has 2 nitrogen and oxygen atoms in total. The number of carbonyl (C=O) groups is 1. The minimum absolute atomic E-state index is 0.0423. The van der Waals surface area contributed by atoms with Gasteiger partial charge < -0.3 is 5.32 Å². The minimum atomic E-state index is -0.0843. The third kappa shape index (κ3) is 3.90. The van der Waals surface area contributed by atoms with E-state index in [2.05, 4.69) is 27.2 Å². The Labute approximate surface area is 111 Å². The summed E-state index contributed by atoms with van der Waals surface area (Å²) < 4.78 is 0.811. The van der Waals surface area contributed by atoms with E-state index in [4.69, 9.17) is 6.42 Å². The number of aryl methyl sites for hydroxylation is 1. The molecule has 1 aromatic rings. The Bertz CT molecular complexity index is 448. The first kappa shape index (κ1) is 13.8. The van der Waals surface area contributed by atoms with Crippen LogP contribution in [0.2, 0.25) is 0 Å². The summed E-state index contributed by atoms with van der Waals surface area (Å²) >= 11 is 3.40. The molecule has 90 valence electrons. The van der Waals surface area contributed by atoms with Crippen LogP contribution in [0.3, 0.4) is 0 Å². The number of halogens is 1. The molecule has 1 amide bonds. The van der Waals surface area contributed by atoms with E-state index in [1.807, 2.05) is 32.0 Å². The fourth-order valence-electron chi connectivity index (χ4n) is 1.51. The summed E-state index contributed by atoms with van der Waals surface area (Å²) in [5.41, 5.74) is 1.76. The topological polar surface area (TPSA) is 29.1 Å². The lowest BCUT2D eigenvalue weighted by atomic mass is 10.1. The highest BCUT2D eigenvalue weighted by atomic mass is 79.9. The normalized spacial score (nSPS) is 11.6. The van der Waals surface area contributed by atoms with Crippen LogP contribution in [0.1, 0.15) is 35.7 Å². The zero-order chi connectivity index (χ0) is 12.8. The molecule has 1 atom stereocenters. The van der Waals surface area contributed by atoms with Gasteiger partial charge in [-0.1, -0.05) is 13.0 Å². The highest BCUT2D eigenvalue weighted by Crippen LogP contribution is 2.18. The Kier molecular flexibility index (Phi) is 5.24. The number of rotatable bonds is 4. The molecular weight excluding hydrogens is 278 g/mol. The zero-order valence-corrected chi connectivity index (χ0v) is 11.7. The molecule has 0 aliphatic heterocycles. The van der Waals surface area contributed by atoms with Gasteiger partial charge in [0, 0.05) is 16.9 Å². The quantitative estimate of drug-likeness (QED) is 0.848. The van der Waals surface area contributed by atoms with E-state index in [0.717, 1.165) is 16.5 Å². The van der Waals surface area contributed by atoms with Crippen molar-refractivity contribution in [1.29, 1.82) is 0 Å². The number of amides is 1. The van der Waals surface area contributed by atoms with E-state index in [1.165, 1.54) is 0 Å². The minimum Gasteiger partial charge on any atom is -0.348 e. The third-order valence-corrected chi connectivity index (χ3v) is 3.22. The van der Waals surface area contributed by atoms with Gasteiger partial charge in [0.1, 0.15) is 0 Å². The van der Waals surface area contributed by atoms with Crippen molar-refractivity contribution in [2.75, 3.05) is 0 Å². The van der Waals surface area contributed by atoms with E-state index in [-0.39, 0.29) is 11.9 Å². The van der Waals surface area contributed by atoms with E-state index >= 15 is 0 Å². The average molecular weight is 294 g/mol. The molecule has 0 aromatic heterocycles. The summed E-state index contributed by atoms with van der Waals surface area (Å²) in [7, 11) is 0. The van der Waals surface area contributed by atoms with Gasteiger partial charge in [0.15, 0.2) is 0 Å². The summed E-state index contributed by atoms with van der Waals surface area (Å²) in [6, 6.07) is 5.71. The van der Waals surface area contributed by atoms with Crippen molar-refractivity contribution in [2.24, 2.45) is 0 Å². The molecule has 0 heterocycles. The number of terminal acetylenes is 1. The molecule has 1 N–H and O–H groups in total. The Morgan fingerprint density at radius 1 is 1.59 bits per heavy atom. The fraction of sp³-hybridized carbons (Fsp3) is 0.357. The Morgan fingerprint density at radius 2 is 2.29 bits per heavy atom. The van der Waals surface area contributed by atoms with Gasteiger partial charge in [-0.25, -0.2) is 0 Å². The highest BCUT2D eigenvalue weighted by molar-refractivity contribution is 9.10. The molecule has 0 saturated carbocycles. The first-order chi connectivity index (χ1) is 8.08. The van der Waals surface area contributed by atoms with Gasteiger partial charge in [0.25, 0.3) is 5.91 Å². The molecule has 0 aliphatic carbocycles. The summed E-state index contributed by atoms with van der Waals surface area (Å²) in [5, 5.41) is 2.93. The van der Waals surface area contributed by atoms with Crippen LogP contribution in [-0.2, 0) is 0 Å². The van der Waals surface area contributed by atoms with Gasteiger partial charge in [0.05, 0.1) is 5.56 Å². The van der Waals surface area contributed by atoms with E-state index < -0.39 is 0 Å². The van der Waals surface area contributed by atoms with Crippen LogP contribution < -0.4 is 5.32 Å². The maximum absolute atomic E-state index is 12.0. The predicted molar refractivity (Wildman–Crippen MR) is 73.9 cm³/mol. The van der Waals surface area contributed by atoms with Crippen LogP contribution in [-0.4, -0.2) is 11.9 Å². The standard InChI is InChI=1S/C14H16BrNO/c1-4-6-11(5-2)16-14(17)12-8-7-10(3)9-13(12)15/h1,7-9,11H,5-6H2,2-3H3,(H,16,17). The van der Waals surface area contributed by atoms with Gasteiger partial charge >= 0.3 is 0 Å². The maximum Gasteiger partial charge on any atom is 0.252 e. The van der Waals surface area contributed by atoms with Crippen LogP contribution in [0.25, 0.3) is 0 Å². The lowest BCUT2D eigenvalue weighted by molar-refractivity contribution is 0.0936. The second-order valence-corrected chi connectivity index (χ2v) is 4.82. The summed E-state index contributed by atoms with van der Waals surface area (Å²) in [6.07, 6.45) is 6.65. The van der Waals surface area contributed by atoms with E-state index in [0.29, 0.717) is 12.0 Å². The molecule has 1 unspecified atom stereocenters. The Morgan fingerprint density at radius 3 is 2.82 bits per heavy atom. The monoisotopic (exact) mass is 293 g/mol. The molecule has 1 aromatic carbocycles. The summed E-state index contributed by atoms with van der Waals surface area (Å²) in [6.45, 7) is 3.99. The molecule has 3 heteroatoms. The maximum atomic E-state index is 12.0. The molecule has 0 spiro atoms. The van der Waals surface area contributed by atoms with E-state index in [9.17, 15) is 4.79 Å². The molecule has 0 bridgehead atoms. The van der Waals surface area contributed by atoms with Crippen molar-refractivity contribution in [1.82, 2.24) is 5.32 Å². The number of nitrogens with one attached hydrogen (secondary N) is 1. The molecule has 17 heavy (non-hydrogen) atoms. The molecule has 0 fully saturated rings. The van der Waals surface area contributed by atoms with Crippen LogP contribution in [0.15, 0.2) is 22.7 Å². The zero-order valence-electron chi connectivity index (χ0n) is 10.1. The summed E-state index contributed by atoms with van der Waals surface area (Å²) in [5.74, 6) is 2.49. The van der Waals surface area contributed by atoms with Crippen molar-refractivity contribution < 1.29 is 4.79 Å². The predicted octanol–water partition coefficient (Wildman–Crippen LogP) is 3.29. The molecule has 0 radical (unpaired) electrons. The third-order valence-electron chi connectivity index (χ3n) is 2.56. The van der Waals surface area contributed by atoms with Crippen molar-refractivity contribution in [3.63, 3.8) is 0 Å². The Balaban J connectivity index is 2.79. The first-order valence-electron chi connectivity index (χ1n) is 5.59. The van der Waals surface area contributed by atoms with Gasteiger partial charge in [-0.15, -0.1) is 12.3 Å². The van der Waals surface area contributed by atoms with E-state index in [1.54, 1.807) is 0 Å². The van der Waals surface area contributed by atoms with Crippen LogP contribution in [0.4, 0.5) is 0 Å². The van der Waals surface area contributed by atoms with Gasteiger partial charge in [-0.05, 0) is 47.0 Å². The molecule has 0 saturated heterocycles. The SMILES string of the molecule is C#CCC(CC)NC(=O)c1ccc(C)cc1Br. The van der Waals surface area contributed by atoms with Gasteiger partial charge in [0.2, 0.25) is 0 Å². The second-order valence-electron chi connectivity index (χ2n) is 3.97. The van der Waals surface area contributed by atoms with Crippen LogP contribution >= 0.6 is 15.9 Å². The summed E-state index contributed by atoms with van der Waals surface area (Å²) in [4.78, 5) is 12.0. The van der Waals surface area contributed by atoms with Crippen LogP contribution in [0, 0.1) is 19.3 Å². The molecule has 1 rings (SSSR count). The highest BCUT2D eigenvalue weighted by Gasteiger charge is 2.13. The lowest BCUT2D eigenvalue weighted by Gasteiger charge is -2.15. The number of benzene rings is 1. The van der Waals surface area contributed by atoms with Crippen molar-refractivity contribution in [3.05, 3.63) is 33.8 Å². The smallest absolute Gasteiger partial charge is 0.252 e. The van der Waals surface area contributed by atoms with Gasteiger partial charge in [-0.3, -0.25) is 4.79 Å². The van der Waals surface area contributed by atoms with Crippen molar-refractivity contribution >= 4 is 21.8 Å². The molecule has 0 aliphatic rings. The number of hydrogen-bond acceptors (Lipinski definition) is 1. The average Bonchev–Trinajstić information content (AvgIpc) is 2.28. The number of hydrogen-bond donors (Lipinski definition) is 1. The Hall–Kier alpha value is -1.27. The van der Waals surface area contributed by atoms with Crippen LogP contribution in [0.5, 0.6) is 0 Å². The first-order valence-corrected chi connectivity index (χ1v) is 6.38. The number of carbonyl (C=O) groups excluding carboxylic acids is 1. The molecular formula is C14H16BrNO. The van der Waals surface area contributed by atoms with Gasteiger partial charge in [-0.2, -0.15) is 0 Å². The fourth-order valence-corrected chi connectivity index (χ4v) is 2.18. The van der Waals surface area contributed by atoms with Crippen molar-refractivity contribution in [3.8, 4) is 12.3 Å². The largest absolute Gasteiger partial charge is 0.348 e. The second kappa shape index (κ2) is 6.46. The van der Waals surface area contributed by atoms with Crippen molar-refractivity contribution in [2.45, 2.75) is 32.7 Å².